The number of ether oxygens (including phenoxy) is 3. The molecule has 0 unspecified atom stereocenters. The Labute approximate surface area is 168 Å². The number of carbonyl (C=O) groups excluding carboxylic acids is 1. The minimum atomic E-state index is -0.360. The van der Waals surface area contributed by atoms with Gasteiger partial charge in [0.15, 0.2) is 11.5 Å². The Balaban J connectivity index is 1.51. The molecule has 0 saturated carbocycles. The molecule has 0 atom stereocenters. The van der Waals surface area contributed by atoms with E-state index in [0.717, 1.165) is 22.5 Å². The highest BCUT2D eigenvalue weighted by molar-refractivity contribution is 5.89. The van der Waals surface area contributed by atoms with E-state index in [1.165, 1.54) is 7.11 Å². The predicted octanol–water partition coefficient (Wildman–Crippen LogP) is 4.38. The number of hydrogen-bond acceptors (Lipinski definition) is 5. The second-order valence-corrected chi connectivity index (χ2v) is 6.44. The summed E-state index contributed by atoms with van der Waals surface area (Å²) in [5.41, 5.74) is 4.13. The van der Waals surface area contributed by atoms with Crippen LogP contribution >= 0.6 is 0 Å². The van der Waals surface area contributed by atoms with Crippen molar-refractivity contribution in [2.45, 2.75) is 6.61 Å². The molecule has 146 valence electrons. The molecule has 0 fully saturated rings. The number of fused-ring (bicyclic) bond motifs is 1. The number of pyridine rings is 1. The van der Waals surface area contributed by atoms with Gasteiger partial charge in [-0.25, -0.2) is 9.78 Å². The van der Waals surface area contributed by atoms with Gasteiger partial charge in [-0.15, -0.1) is 0 Å². The van der Waals surface area contributed by atoms with Crippen molar-refractivity contribution in [3.05, 3.63) is 84.2 Å². The Morgan fingerprint density at radius 2 is 1.83 bits per heavy atom. The van der Waals surface area contributed by atoms with Gasteiger partial charge < -0.3 is 18.6 Å². The van der Waals surface area contributed by atoms with Crippen LogP contribution < -0.4 is 9.47 Å². The van der Waals surface area contributed by atoms with Gasteiger partial charge in [0.2, 0.25) is 0 Å². The Morgan fingerprint density at radius 1 is 1.00 bits per heavy atom. The highest BCUT2D eigenvalue weighted by Gasteiger charge is 2.11. The molecule has 0 aliphatic carbocycles. The lowest BCUT2D eigenvalue weighted by molar-refractivity contribution is 0.0600. The molecule has 0 spiro atoms. The fourth-order valence-electron chi connectivity index (χ4n) is 3.04. The second-order valence-electron chi connectivity index (χ2n) is 6.44. The summed E-state index contributed by atoms with van der Waals surface area (Å²) >= 11 is 0. The van der Waals surface area contributed by atoms with E-state index in [0.29, 0.717) is 23.7 Å². The minimum absolute atomic E-state index is 0.353. The van der Waals surface area contributed by atoms with Gasteiger partial charge in [-0.2, -0.15) is 0 Å². The third kappa shape index (κ3) is 3.91. The first-order valence-electron chi connectivity index (χ1n) is 9.10. The zero-order chi connectivity index (χ0) is 20.2. The molecule has 0 aliphatic heterocycles. The van der Waals surface area contributed by atoms with E-state index in [4.69, 9.17) is 14.2 Å². The topological polar surface area (TPSA) is 62.1 Å². The van der Waals surface area contributed by atoms with E-state index in [2.05, 4.69) is 4.98 Å². The zero-order valence-electron chi connectivity index (χ0n) is 16.2. The largest absolute Gasteiger partial charge is 0.493 e. The van der Waals surface area contributed by atoms with Crippen LogP contribution in [0.1, 0.15) is 15.9 Å². The SMILES string of the molecule is COC(=O)c1ccc(COc2ccc(-c3cn4ccccc4n3)cc2OC)cc1. The van der Waals surface area contributed by atoms with Crippen LogP contribution in [0.15, 0.2) is 73.1 Å². The van der Waals surface area contributed by atoms with Gasteiger partial charge in [0.1, 0.15) is 12.3 Å². The normalized spacial score (nSPS) is 10.7. The summed E-state index contributed by atoms with van der Waals surface area (Å²) in [4.78, 5) is 16.2. The molecule has 0 N–H and O–H groups in total. The van der Waals surface area contributed by atoms with E-state index >= 15 is 0 Å². The van der Waals surface area contributed by atoms with Gasteiger partial charge in [-0.1, -0.05) is 18.2 Å². The van der Waals surface area contributed by atoms with Crippen LogP contribution in [0.3, 0.4) is 0 Å². The molecule has 0 bridgehead atoms. The number of benzene rings is 2. The van der Waals surface area contributed by atoms with Crippen LogP contribution in [0.4, 0.5) is 0 Å². The molecule has 4 rings (SSSR count). The predicted molar refractivity (Wildman–Crippen MR) is 109 cm³/mol. The molecule has 2 heterocycles. The number of aromatic nitrogens is 2. The van der Waals surface area contributed by atoms with Crippen LogP contribution in [0, 0.1) is 0 Å². The van der Waals surface area contributed by atoms with Crippen LogP contribution in [0.25, 0.3) is 16.9 Å². The molecule has 29 heavy (non-hydrogen) atoms. The quantitative estimate of drug-likeness (QED) is 0.459. The molecule has 0 radical (unpaired) electrons. The summed E-state index contributed by atoms with van der Waals surface area (Å²) in [6.07, 6.45) is 3.94. The fourth-order valence-corrected chi connectivity index (χ4v) is 3.04. The molecule has 6 nitrogen and oxygen atoms in total. The van der Waals surface area contributed by atoms with Gasteiger partial charge in [-0.3, -0.25) is 0 Å². The van der Waals surface area contributed by atoms with Crippen molar-refractivity contribution in [2.75, 3.05) is 14.2 Å². The molecule has 2 aromatic heterocycles. The van der Waals surface area contributed by atoms with Crippen molar-refractivity contribution in [3.63, 3.8) is 0 Å². The highest BCUT2D eigenvalue weighted by atomic mass is 16.5. The Kier molecular flexibility index (Phi) is 5.16. The van der Waals surface area contributed by atoms with Gasteiger partial charge in [0, 0.05) is 18.0 Å². The summed E-state index contributed by atoms with van der Waals surface area (Å²) in [6.45, 7) is 0.353. The third-order valence-electron chi connectivity index (χ3n) is 4.59. The first kappa shape index (κ1) is 18.6. The van der Waals surface area contributed by atoms with Crippen molar-refractivity contribution in [3.8, 4) is 22.8 Å². The number of methoxy groups -OCH3 is 2. The van der Waals surface area contributed by atoms with Gasteiger partial charge in [-0.05, 0) is 48.0 Å². The van der Waals surface area contributed by atoms with E-state index in [9.17, 15) is 4.79 Å². The number of hydrogen-bond donors (Lipinski definition) is 0. The summed E-state index contributed by atoms with van der Waals surface area (Å²) in [5, 5.41) is 0. The Morgan fingerprint density at radius 3 is 2.55 bits per heavy atom. The van der Waals surface area contributed by atoms with E-state index in [1.54, 1.807) is 19.2 Å². The number of carbonyl (C=O) groups is 1. The van der Waals surface area contributed by atoms with Crippen LogP contribution in [-0.2, 0) is 11.3 Å². The van der Waals surface area contributed by atoms with Crippen molar-refractivity contribution >= 4 is 11.6 Å². The van der Waals surface area contributed by atoms with E-state index in [-0.39, 0.29) is 5.97 Å². The second kappa shape index (κ2) is 8.06. The highest BCUT2D eigenvalue weighted by Crippen LogP contribution is 2.33. The molecule has 4 aromatic rings. The maximum atomic E-state index is 11.5. The lowest BCUT2D eigenvalue weighted by atomic mass is 10.1. The van der Waals surface area contributed by atoms with Crippen LogP contribution in [0.5, 0.6) is 11.5 Å². The summed E-state index contributed by atoms with van der Waals surface area (Å²) in [7, 11) is 2.97. The van der Waals surface area contributed by atoms with E-state index < -0.39 is 0 Å². The summed E-state index contributed by atoms with van der Waals surface area (Å²) in [6, 6.07) is 18.7. The lowest BCUT2D eigenvalue weighted by Gasteiger charge is -2.12. The number of esters is 1. The van der Waals surface area contributed by atoms with E-state index in [1.807, 2.05) is 65.3 Å². The molecule has 2 aromatic carbocycles. The molecule has 0 amide bonds. The maximum Gasteiger partial charge on any atom is 0.337 e. The van der Waals surface area contributed by atoms with Crippen LogP contribution in [0.2, 0.25) is 0 Å². The molecular weight excluding hydrogens is 368 g/mol. The number of imidazole rings is 1. The van der Waals surface area contributed by atoms with Crippen molar-refractivity contribution in [1.29, 1.82) is 0 Å². The zero-order valence-corrected chi connectivity index (χ0v) is 16.2. The van der Waals surface area contributed by atoms with Gasteiger partial charge in [0.25, 0.3) is 0 Å². The molecule has 6 heteroatoms. The smallest absolute Gasteiger partial charge is 0.337 e. The first-order valence-corrected chi connectivity index (χ1v) is 9.10. The average molecular weight is 388 g/mol. The van der Waals surface area contributed by atoms with Gasteiger partial charge in [0.05, 0.1) is 25.5 Å². The fraction of sp³-hybridized carbons (Fsp3) is 0.130. The lowest BCUT2D eigenvalue weighted by Crippen LogP contribution is -2.02. The van der Waals surface area contributed by atoms with Crippen LogP contribution in [-0.4, -0.2) is 29.6 Å². The molecule has 0 saturated heterocycles. The third-order valence-corrected chi connectivity index (χ3v) is 4.59. The van der Waals surface area contributed by atoms with Crippen molar-refractivity contribution in [2.24, 2.45) is 0 Å². The number of nitrogens with zero attached hydrogens (tertiary/aromatic N) is 2. The van der Waals surface area contributed by atoms with Crippen molar-refractivity contribution < 1.29 is 19.0 Å². The Bertz CT molecular complexity index is 1120. The maximum absolute atomic E-state index is 11.5. The molecule has 0 aliphatic rings. The standard InChI is InChI=1S/C23H20N2O4/c1-27-21-13-18(19-14-25-12-4-3-5-22(25)24-19)10-11-20(21)29-15-16-6-8-17(9-7-16)23(26)28-2/h3-14H,15H2,1-2H3. The Hall–Kier alpha value is -3.80. The minimum Gasteiger partial charge on any atom is -0.493 e. The summed E-state index contributed by atoms with van der Waals surface area (Å²) < 4.78 is 18.1. The first-order chi connectivity index (χ1) is 14.2. The average Bonchev–Trinajstić information content (AvgIpc) is 3.21. The monoisotopic (exact) mass is 388 g/mol. The molecular formula is C23H20N2O4. The van der Waals surface area contributed by atoms with Crippen molar-refractivity contribution in [1.82, 2.24) is 9.38 Å². The summed E-state index contributed by atoms with van der Waals surface area (Å²) in [5.74, 6) is 0.907. The van der Waals surface area contributed by atoms with Gasteiger partial charge >= 0.3 is 5.97 Å². The number of rotatable bonds is 6.